The average molecular weight is 491 g/mol. The number of benzene rings is 3. The average Bonchev–Trinajstić information content (AvgIpc) is 3.07. The van der Waals surface area contributed by atoms with Gasteiger partial charge in [-0.05, 0) is 65.1 Å². The first-order chi connectivity index (χ1) is 12.6. The molecule has 6 heteroatoms. The zero-order valence-corrected chi connectivity index (χ0v) is 17.1. The Morgan fingerprint density at radius 2 is 1.81 bits per heavy atom. The van der Waals surface area contributed by atoms with E-state index >= 15 is 0 Å². The van der Waals surface area contributed by atoms with Gasteiger partial charge in [-0.2, -0.15) is 0 Å². The molecule has 4 rings (SSSR count). The zero-order valence-electron chi connectivity index (χ0n) is 13.4. The lowest BCUT2D eigenvalue weighted by Crippen LogP contribution is -2.14. The van der Waals surface area contributed by atoms with Crippen LogP contribution in [0.1, 0.15) is 10.4 Å². The third kappa shape index (κ3) is 3.47. The molecule has 0 radical (unpaired) electrons. The summed E-state index contributed by atoms with van der Waals surface area (Å²) < 4.78 is 2.00. The van der Waals surface area contributed by atoms with Crippen molar-refractivity contribution in [1.29, 1.82) is 0 Å². The molecule has 0 aliphatic heterocycles. The van der Waals surface area contributed by atoms with E-state index in [1.807, 2.05) is 60.7 Å². The van der Waals surface area contributed by atoms with Gasteiger partial charge in [0.2, 0.25) is 0 Å². The summed E-state index contributed by atoms with van der Waals surface area (Å²) >= 11 is 9.94. The van der Waals surface area contributed by atoms with Crippen LogP contribution in [0.4, 0.5) is 5.69 Å². The molecule has 0 aliphatic rings. The van der Waals surface area contributed by atoms with E-state index in [1.54, 1.807) is 17.4 Å². The van der Waals surface area contributed by atoms with Gasteiger partial charge in [0, 0.05) is 14.2 Å². The first kappa shape index (κ1) is 17.5. The van der Waals surface area contributed by atoms with Crippen molar-refractivity contribution >= 4 is 67.3 Å². The Kier molecular flexibility index (Phi) is 4.93. The van der Waals surface area contributed by atoms with E-state index < -0.39 is 0 Å². The van der Waals surface area contributed by atoms with Gasteiger partial charge in [0.05, 0.1) is 21.5 Å². The highest BCUT2D eigenvalue weighted by Gasteiger charge is 2.15. The topological polar surface area (TPSA) is 42.0 Å². The van der Waals surface area contributed by atoms with Crippen molar-refractivity contribution in [2.75, 3.05) is 5.32 Å². The maximum atomic E-state index is 12.7. The number of hydrogen-bond acceptors (Lipinski definition) is 3. The molecule has 0 spiro atoms. The van der Waals surface area contributed by atoms with Crippen LogP contribution in [-0.4, -0.2) is 10.9 Å². The maximum absolute atomic E-state index is 12.7. The van der Waals surface area contributed by atoms with Gasteiger partial charge in [-0.3, -0.25) is 4.79 Å². The van der Waals surface area contributed by atoms with E-state index in [9.17, 15) is 4.79 Å². The van der Waals surface area contributed by atoms with Crippen molar-refractivity contribution in [3.63, 3.8) is 0 Å². The van der Waals surface area contributed by atoms with Crippen LogP contribution in [0.2, 0.25) is 5.02 Å². The van der Waals surface area contributed by atoms with Crippen molar-refractivity contribution in [2.45, 2.75) is 0 Å². The fraction of sp³-hybridized carbons (Fsp3) is 0. The highest BCUT2D eigenvalue weighted by Crippen LogP contribution is 2.36. The summed E-state index contributed by atoms with van der Waals surface area (Å²) in [6, 6.07) is 20.9. The van der Waals surface area contributed by atoms with Crippen LogP contribution in [-0.2, 0) is 0 Å². The van der Waals surface area contributed by atoms with Crippen LogP contribution in [0.25, 0.3) is 20.8 Å². The highest BCUT2D eigenvalue weighted by molar-refractivity contribution is 14.1. The van der Waals surface area contributed by atoms with Crippen molar-refractivity contribution in [3.05, 3.63) is 80.9 Å². The molecular formula is C20H12ClIN2OS. The molecule has 0 unspecified atom stereocenters. The molecule has 0 fully saturated rings. The molecule has 4 aromatic rings. The number of carbonyl (C=O) groups excluding carboxylic acids is 1. The minimum Gasteiger partial charge on any atom is -0.321 e. The van der Waals surface area contributed by atoms with Crippen LogP contribution in [0, 0.1) is 3.57 Å². The summed E-state index contributed by atoms with van der Waals surface area (Å²) in [7, 11) is 0. The molecule has 0 saturated carbocycles. The third-order valence-electron chi connectivity index (χ3n) is 3.87. The molecule has 0 atom stereocenters. The van der Waals surface area contributed by atoms with Crippen LogP contribution in [0.5, 0.6) is 0 Å². The number of carbonyl (C=O) groups is 1. The van der Waals surface area contributed by atoms with Gasteiger partial charge in [-0.15, -0.1) is 11.3 Å². The Morgan fingerprint density at radius 1 is 1.04 bits per heavy atom. The van der Waals surface area contributed by atoms with E-state index in [-0.39, 0.29) is 5.91 Å². The number of halogens is 2. The van der Waals surface area contributed by atoms with E-state index in [1.165, 1.54) is 0 Å². The molecule has 3 aromatic carbocycles. The van der Waals surface area contributed by atoms with Crippen LogP contribution >= 0.6 is 45.5 Å². The maximum Gasteiger partial charge on any atom is 0.256 e. The Balaban J connectivity index is 1.75. The standard InChI is InChI=1S/C20H12ClIN2OS/c21-12-9-10-16(23-19(25)13-5-1-2-6-15(13)22)14(11-12)20-24-17-7-3-4-8-18(17)26-20/h1-11H,(H,23,25). The summed E-state index contributed by atoms with van der Waals surface area (Å²) in [6.07, 6.45) is 0. The molecule has 26 heavy (non-hydrogen) atoms. The molecule has 128 valence electrons. The lowest BCUT2D eigenvalue weighted by Gasteiger charge is -2.11. The van der Waals surface area contributed by atoms with Gasteiger partial charge in [0.15, 0.2) is 0 Å². The van der Waals surface area contributed by atoms with Gasteiger partial charge in [-0.1, -0.05) is 35.9 Å². The molecule has 1 heterocycles. The highest BCUT2D eigenvalue weighted by atomic mass is 127. The number of nitrogens with one attached hydrogen (secondary N) is 1. The van der Waals surface area contributed by atoms with Crippen molar-refractivity contribution < 1.29 is 4.79 Å². The lowest BCUT2D eigenvalue weighted by molar-refractivity contribution is 0.102. The molecule has 0 saturated heterocycles. The Morgan fingerprint density at radius 3 is 2.62 bits per heavy atom. The summed E-state index contributed by atoms with van der Waals surface area (Å²) in [5.41, 5.74) is 3.08. The van der Waals surface area contributed by atoms with E-state index in [2.05, 4.69) is 32.9 Å². The Bertz CT molecular complexity index is 1090. The van der Waals surface area contributed by atoms with Crippen molar-refractivity contribution in [1.82, 2.24) is 4.98 Å². The molecule has 0 aliphatic carbocycles. The molecule has 3 nitrogen and oxygen atoms in total. The van der Waals surface area contributed by atoms with Gasteiger partial charge < -0.3 is 5.32 Å². The fourth-order valence-electron chi connectivity index (χ4n) is 2.62. The first-order valence-corrected chi connectivity index (χ1v) is 10.1. The predicted octanol–water partition coefficient (Wildman–Crippen LogP) is 6.47. The van der Waals surface area contributed by atoms with E-state index in [0.717, 1.165) is 24.4 Å². The largest absolute Gasteiger partial charge is 0.321 e. The number of amides is 1. The van der Waals surface area contributed by atoms with Gasteiger partial charge >= 0.3 is 0 Å². The lowest BCUT2D eigenvalue weighted by atomic mass is 10.1. The summed E-state index contributed by atoms with van der Waals surface area (Å²) in [6.45, 7) is 0. The van der Waals surface area contributed by atoms with E-state index in [4.69, 9.17) is 11.6 Å². The second-order valence-corrected chi connectivity index (χ2v) is 8.24. The number of rotatable bonds is 3. The number of thiazole rings is 1. The summed E-state index contributed by atoms with van der Waals surface area (Å²) in [5.74, 6) is -0.153. The minimum atomic E-state index is -0.153. The Hall–Kier alpha value is -1.96. The SMILES string of the molecule is O=C(Nc1ccc(Cl)cc1-c1nc2ccccc2s1)c1ccccc1I. The molecule has 1 amide bonds. The Labute approximate surface area is 173 Å². The second-order valence-electron chi connectivity index (χ2n) is 5.61. The molecule has 0 bridgehead atoms. The minimum absolute atomic E-state index is 0.153. The van der Waals surface area contributed by atoms with Crippen LogP contribution in [0.3, 0.4) is 0 Å². The normalized spacial score (nSPS) is 10.8. The van der Waals surface area contributed by atoms with Gasteiger partial charge in [-0.25, -0.2) is 4.98 Å². The second kappa shape index (κ2) is 7.34. The smallest absolute Gasteiger partial charge is 0.256 e. The molecular weight excluding hydrogens is 479 g/mol. The molecule has 1 N–H and O–H groups in total. The van der Waals surface area contributed by atoms with Crippen molar-refractivity contribution in [2.24, 2.45) is 0 Å². The monoisotopic (exact) mass is 490 g/mol. The predicted molar refractivity (Wildman–Crippen MR) is 117 cm³/mol. The van der Waals surface area contributed by atoms with Crippen LogP contribution in [0.15, 0.2) is 66.7 Å². The fourth-order valence-corrected chi connectivity index (χ4v) is 4.43. The molecule has 1 aromatic heterocycles. The number of nitrogens with zero attached hydrogens (tertiary/aromatic N) is 1. The number of para-hydroxylation sites is 1. The van der Waals surface area contributed by atoms with E-state index in [0.29, 0.717) is 16.3 Å². The third-order valence-corrected chi connectivity index (χ3v) is 6.12. The zero-order chi connectivity index (χ0) is 18.1. The number of aromatic nitrogens is 1. The number of hydrogen-bond donors (Lipinski definition) is 1. The van der Waals surface area contributed by atoms with Crippen LogP contribution < -0.4 is 5.32 Å². The summed E-state index contributed by atoms with van der Waals surface area (Å²) in [4.78, 5) is 17.4. The number of fused-ring (bicyclic) bond motifs is 1. The number of anilines is 1. The summed E-state index contributed by atoms with van der Waals surface area (Å²) in [5, 5.41) is 4.43. The van der Waals surface area contributed by atoms with Gasteiger partial charge in [0.1, 0.15) is 5.01 Å². The quantitative estimate of drug-likeness (QED) is 0.334. The first-order valence-electron chi connectivity index (χ1n) is 7.83. The van der Waals surface area contributed by atoms with Crippen molar-refractivity contribution in [3.8, 4) is 10.6 Å². The van der Waals surface area contributed by atoms with Gasteiger partial charge in [0.25, 0.3) is 5.91 Å².